The lowest BCUT2D eigenvalue weighted by atomic mass is 9.98. The summed E-state index contributed by atoms with van der Waals surface area (Å²) in [5.74, 6) is 0.241. The molecule has 1 fully saturated rings. The summed E-state index contributed by atoms with van der Waals surface area (Å²) in [7, 11) is 0. The molecule has 1 aliphatic heterocycles. The average Bonchev–Trinajstić information content (AvgIpc) is 2.99. The maximum absolute atomic E-state index is 12.8. The number of benzene rings is 1. The highest BCUT2D eigenvalue weighted by Crippen LogP contribution is 2.19. The molecule has 0 spiro atoms. The molecular weight excluding hydrogens is 328 g/mol. The molecule has 26 heavy (non-hydrogen) atoms. The molecule has 6 nitrogen and oxygen atoms in total. The van der Waals surface area contributed by atoms with Crippen molar-refractivity contribution >= 4 is 16.8 Å². The van der Waals surface area contributed by atoms with Crippen molar-refractivity contribution in [1.82, 2.24) is 20.1 Å². The predicted octanol–water partition coefficient (Wildman–Crippen LogP) is 2.60. The Bertz CT molecular complexity index is 921. The number of carbonyl (C=O) groups is 1. The lowest BCUT2D eigenvalue weighted by molar-refractivity contribution is 0.0731. The number of aromatic amines is 1. The van der Waals surface area contributed by atoms with Gasteiger partial charge >= 0.3 is 0 Å². The van der Waals surface area contributed by atoms with Crippen LogP contribution in [0.2, 0.25) is 0 Å². The molecule has 1 aromatic carbocycles. The third-order valence-electron chi connectivity index (χ3n) is 4.76. The van der Waals surface area contributed by atoms with Crippen molar-refractivity contribution in [2.45, 2.75) is 13.3 Å². The highest BCUT2D eigenvalue weighted by atomic mass is 16.5. The van der Waals surface area contributed by atoms with Crippen LogP contribution in [-0.2, 0) is 11.2 Å². The minimum absolute atomic E-state index is 0.0190. The molecule has 0 saturated carbocycles. The van der Waals surface area contributed by atoms with Crippen LogP contribution in [0.15, 0.2) is 42.6 Å². The molecule has 134 valence electrons. The minimum Gasteiger partial charge on any atom is -0.379 e. The Kier molecular flexibility index (Phi) is 4.67. The largest absolute Gasteiger partial charge is 0.379 e. The van der Waals surface area contributed by atoms with E-state index in [9.17, 15) is 4.79 Å². The summed E-state index contributed by atoms with van der Waals surface area (Å²) < 4.78 is 5.76. The van der Waals surface area contributed by atoms with Crippen LogP contribution >= 0.6 is 0 Å². The van der Waals surface area contributed by atoms with E-state index in [1.807, 2.05) is 30.2 Å². The second kappa shape index (κ2) is 7.25. The summed E-state index contributed by atoms with van der Waals surface area (Å²) in [5, 5.41) is 8.15. The summed E-state index contributed by atoms with van der Waals surface area (Å²) >= 11 is 0. The molecular formula is C20H22N4O2. The van der Waals surface area contributed by atoms with Crippen LogP contribution in [-0.4, -0.2) is 52.3 Å². The highest BCUT2D eigenvalue weighted by Gasteiger charge is 2.24. The zero-order chi connectivity index (χ0) is 17.9. The standard InChI is InChI=1S/C20H22N4O2/c1-14-3-2-4-19(22-14)20(25)24-7-8-26-13-16(12-24)9-15-5-6-18-17(10-15)11-21-23-18/h2-6,10-11,16H,7-9,12-13H2,1H3,(H,21,23). The van der Waals surface area contributed by atoms with E-state index in [1.165, 1.54) is 5.56 Å². The highest BCUT2D eigenvalue weighted by molar-refractivity contribution is 5.92. The van der Waals surface area contributed by atoms with E-state index in [0.29, 0.717) is 32.0 Å². The number of H-pyrrole nitrogens is 1. The lowest BCUT2D eigenvalue weighted by Crippen LogP contribution is -2.36. The topological polar surface area (TPSA) is 71.1 Å². The van der Waals surface area contributed by atoms with E-state index in [2.05, 4.69) is 33.4 Å². The van der Waals surface area contributed by atoms with Crippen molar-refractivity contribution in [3.63, 3.8) is 0 Å². The molecule has 6 heteroatoms. The van der Waals surface area contributed by atoms with Crippen LogP contribution in [0.5, 0.6) is 0 Å². The van der Waals surface area contributed by atoms with Gasteiger partial charge in [-0.2, -0.15) is 5.10 Å². The van der Waals surface area contributed by atoms with E-state index in [0.717, 1.165) is 23.0 Å². The van der Waals surface area contributed by atoms with Crippen LogP contribution in [0.3, 0.4) is 0 Å². The molecule has 0 bridgehead atoms. The van der Waals surface area contributed by atoms with Crippen LogP contribution in [0, 0.1) is 12.8 Å². The SMILES string of the molecule is Cc1cccc(C(=O)N2CCOCC(Cc3ccc4[nH]ncc4c3)C2)n1. The molecule has 1 aliphatic rings. The van der Waals surface area contributed by atoms with Crippen molar-refractivity contribution in [3.8, 4) is 0 Å². The monoisotopic (exact) mass is 350 g/mol. The fourth-order valence-electron chi connectivity index (χ4n) is 3.46. The number of rotatable bonds is 3. The summed E-state index contributed by atoms with van der Waals surface area (Å²) in [6.45, 7) is 4.41. The number of fused-ring (bicyclic) bond motifs is 1. The second-order valence-corrected chi connectivity index (χ2v) is 6.85. The van der Waals surface area contributed by atoms with Gasteiger partial charge in [0.15, 0.2) is 0 Å². The summed E-state index contributed by atoms with van der Waals surface area (Å²) in [6, 6.07) is 11.9. The fraction of sp³-hybridized carbons (Fsp3) is 0.350. The van der Waals surface area contributed by atoms with E-state index in [-0.39, 0.29) is 11.8 Å². The number of amides is 1. The first-order valence-corrected chi connectivity index (χ1v) is 8.92. The van der Waals surface area contributed by atoms with E-state index < -0.39 is 0 Å². The third-order valence-corrected chi connectivity index (χ3v) is 4.76. The number of ether oxygens (including phenoxy) is 1. The average molecular weight is 350 g/mol. The Labute approximate surface area is 152 Å². The van der Waals surface area contributed by atoms with Crippen molar-refractivity contribution in [2.24, 2.45) is 5.92 Å². The Morgan fingerprint density at radius 1 is 1.35 bits per heavy atom. The van der Waals surface area contributed by atoms with Crippen LogP contribution in [0.4, 0.5) is 0 Å². The zero-order valence-corrected chi connectivity index (χ0v) is 14.8. The van der Waals surface area contributed by atoms with Gasteiger partial charge in [-0.1, -0.05) is 12.1 Å². The Morgan fingerprint density at radius 2 is 2.27 bits per heavy atom. The van der Waals surface area contributed by atoms with Gasteiger partial charge in [0.05, 0.1) is 24.9 Å². The van der Waals surface area contributed by atoms with E-state index in [4.69, 9.17) is 4.74 Å². The van der Waals surface area contributed by atoms with Gasteiger partial charge in [-0.05, 0) is 43.2 Å². The Balaban J connectivity index is 1.49. The van der Waals surface area contributed by atoms with Gasteiger partial charge < -0.3 is 9.64 Å². The number of hydrogen-bond acceptors (Lipinski definition) is 4. The first-order valence-electron chi connectivity index (χ1n) is 8.92. The molecule has 1 N–H and O–H groups in total. The Hall–Kier alpha value is -2.73. The maximum atomic E-state index is 12.8. The van der Waals surface area contributed by atoms with Gasteiger partial charge in [-0.3, -0.25) is 9.89 Å². The number of nitrogens with zero attached hydrogens (tertiary/aromatic N) is 3. The fourth-order valence-corrected chi connectivity index (χ4v) is 3.46. The maximum Gasteiger partial charge on any atom is 0.272 e. The predicted molar refractivity (Wildman–Crippen MR) is 99.0 cm³/mol. The third kappa shape index (κ3) is 3.60. The number of pyridine rings is 1. The van der Waals surface area contributed by atoms with Gasteiger partial charge in [0.2, 0.25) is 0 Å². The molecule has 1 atom stereocenters. The molecule has 4 rings (SSSR count). The van der Waals surface area contributed by atoms with Crippen molar-refractivity contribution in [1.29, 1.82) is 0 Å². The minimum atomic E-state index is -0.0190. The van der Waals surface area contributed by atoms with Gasteiger partial charge in [0, 0.05) is 30.1 Å². The van der Waals surface area contributed by atoms with Gasteiger partial charge in [0.1, 0.15) is 5.69 Å². The van der Waals surface area contributed by atoms with Gasteiger partial charge in [-0.25, -0.2) is 4.98 Å². The Morgan fingerprint density at radius 3 is 3.15 bits per heavy atom. The van der Waals surface area contributed by atoms with E-state index in [1.54, 1.807) is 6.07 Å². The molecule has 1 amide bonds. The molecule has 3 aromatic rings. The second-order valence-electron chi connectivity index (χ2n) is 6.85. The number of nitrogens with one attached hydrogen (secondary N) is 1. The summed E-state index contributed by atoms with van der Waals surface area (Å²) in [5.41, 5.74) is 3.63. The molecule has 0 aliphatic carbocycles. The molecule has 1 unspecified atom stereocenters. The summed E-state index contributed by atoms with van der Waals surface area (Å²) in [6.07, 6.45) is 2.70. The molecule has 2 aromatic heterocycles. The van der Waals surface area contributed by atoms with Gasteiger partial charge in [-0.15, -0.1) is 0 Å². The van der Waals surface area contributed by atoms with Crippen LogP contribution in [0.25, 0.3) is 10.9 Å². The van der Waals surface area contributed by atoms with Gasteiger partial charge in [0.25, 0.3) is 5.91 Å². The van der Waals surface area contributed by atoms with Crippen molar-refractivity contribution < 1.29 is 9.53 Å². The zero-order valence-electron chi connectivity index (χ0n) is 14.8. The number of aryl methyl sites for hydroxylation is 1. The van der Waals surface area contributed by atoms with Crippen molar-refractivity contribution in [2.75, 3.05) is 26.3 Å². The molecule has 1 saturated heterocycles. The van der Waals surface area contributed by atoms with E-state index >= 15 is 0 Å². The molecule has 3 heterocycles. The molecule has 0 radical (unpaired) electrons. The lowest BCUT2D eigenvalue weighted by Gasteiger charge is -2.23. The first-order chi connectivity index (χ1) is 12.7. The smallest absolute Gasteiger partial charge is 0.272 e. The normalized spacial score (nSPS) is 18.0. The first kappa shape index (κ1) is 16.7. The number of hydrogen-bond donors (Lipinski definition) is 1. The quantitative estimate of drug-likeness (QED) is 0.788. The van der Waals surface area contributed by atoms with Crippen LogP contribution < -0.4 is 0 Å². The summed E-state index contributed by atoms with van der Waals surface area (Å²) in [4.78, 5) is 19.1. The number of carbonyl (C=O) groups excluding carboxylic acids is 1. The van der Waals surface area contributed by atoms with Crippen LogP contribution in [0.1, 0.15) is 21.7 Å². The number of aromatic nitrogens is 3. The van der Waals surface area contributed by atoms with Crippen molar-refractivity contribution in [3.05, 3.63) is 59.5 Å².